The summed E-state index contributed by atoms with van der Waals surface area (Å²) in [4.78, 5) is 22.7. The van der Waals surface area contributed by atoms with E-state index in [2.05, 4.69) is 25.1 Å². The number of ether oxygens (including phenoxy) is 1. The molecule has 0 aromatic carbocycles. The van der Waals surface area contributed by atoms with Crippen LogP contribution >= 0.6 is 22.9 Å². The number of nitrogens with one attached hydrogen (secondary N) is 2. The Labute approximate surface area is 190 Å². The van der Waals surface area contributed by atoms with E-state index in [4.69, 9.17) is 26.3 Å². The van der Waals surface area contributed by atoms with Gasteiger partial charge in [-0.2, -0.15) is 5.10 Å². The number of hydrogen-bond acceptors (Lipinski definition) is 7. The van der Waals surface area contributed by atoms with Gasteiger partial charge in [0.1, 0.15) is 22.5 Å². The Morgan fingerprint density at radius 3 is 2.72 bits per heavy atom. The van der Waals surface area contributed by atoms with Crippen molar-refractivity contribution >= 4 is 45.0 Å². The quantitative estimate of drug-likeness (QED) is 0.368. The van der Waals surface area contributed by atoms with Gasteiger partial charge >= 0.3 is 0 Å². The van der Waals surface area contributed by atoms with Gasteiger partial charge in [0.25, 0.3) is 0 Å². The summed E-state index contributed by atoms with van der Waals surface area (Å²) in [5.74, 6) is 1.28. The number of rotatable bonds is 4. The minimum absolute atomic E-state index is 0.608. The first-order chi connectivity index (χ1) is 15.7. The van der Waals surface area contributed by atoms with Crippen LogP contribution in [0.15, 0.2) is 55.0 Å². The van der Waals surface area contributed by atoms with Gasteiger partial charge in [-0.15, -0.1) is 11.3 Å². The van der Waals surface area contributed by atoms with E-state index in [9.17, 15) is 0 Å². The molecule has 0 saturated heterocycles. The zero-order chi connectivity index (χ0) is 21.7. The molecule has 0 spiro atoms. The van der Waals surface area contributed by atoms with Crippen LogP contribution in [-0.2, 0) is 0 Å². The zero-order valence-electron chi connectivity index (χ0n) is 16.6. The minimum Gasteiger partial charge on any atom is -0.495 e. The van der Waals surface area contributed by atoms with E-state index in [1.165, 1.54) is 11.3 Å². The maximum absolute atomic E-state index is 6.13. The first kappa shape index (κ1) is 18.9. The molecule has 0 amide bonds. The van der Waals surface area contributed by atoms with E-state index in [-0.39, 0.29) is 0 Å². The predicted octanol–water partition coefficient (Wildman–Crippen LogP) is 5.35. The third kappa shape index (κ3) is 3.10. The van der Waals surface area contributed by atoms with E-state index in [0.717, 1.165) is 38.4 Å². The Kier molecular flexibility index (Phi) is 4.37. The molecule has 32 heavy (non-hydrogen) atoms. The number of H-pyrrole nitrogens is 2. The number of fused-ring (bicyclic) bond motifs is 2. The number of imidazole rings is 1. The van der Waals surface area contributed by atoms with Crippen LogP contribution in [0.1, 0.15) is 0 Å². The fourth-order valence-corrected chi connectivity index (χ4v) is 4.61. The van der Waals surface area contributed by atoms with Crippen molar-refractivity contribution in [1.29, 1.82) is 0 Å². The van der Waals surface area contributed by atoms with E-state index < -0.39 is 0 Å². The summed E-state index contributed by atoms with van der Waals surface area (Å²) in [7, 11) is 1.61. The fourth-order valence-electron chi connectivity index (χ4n) is 3.56. The van der Waals surface area contributed by atoms with E-state index in [0.29, 0.717) is 27.1 Å². The smallest absolute Gasteiger partial charge is 0.161 e. The van der Waals surface area contributed by atoms with Crippen LogP contribution in [0.4, 0.5) is 0 Å². The summed E-state index contributed by atoms with van der Waals surface area (Å²) in [5.41, 5.74) is 6.15. The van der Waals surface area contributed by atoms with Crippen molar-refractivity contribution in [3.8, 4) is 39.1 Å². The fraction of sp³-hybridized carbons (Fsp3) is 0.0455. The lowest BCUT2D eigenvalue weighted by Crippen LogP contribution is -1.89. The van der Waals surface area contributed by atoms with Crippen molar-refractivity contribution in [1.82, 2.24) is 35.1 Å². The SMILES string of the molecule is COc1cncc(-c2ccc3[nH]nc(-c4nc5c(-c6ccc(Cl)s6)nccc5[nH]4)c3n2)c1. The molecule has 6 aromatic rings. The first-order valence-electron chi connectivity index (χ1n) is 9.65. The predicted molar refractivity (Wildman–Crippen MR) is 125 cm³/mol. The number of aromatic nitrogens is 7. The number of nitrogens with zero attached hydrogens (tertiary/aromatic N) is 5. The molecule has 6 aromatic heterocycles. The summed E-state index contributed by atoms with van der Waals surface area (Å²) in [6.45, 7) is 0. The van der Waals surface area contributed by atoms with Crippen LogP contribution in [0, 0.1) is 0 Å². The normalized spacial score (nSPS) is 11.4. The molecule has 8 nitrogen and oxygen atoms in total. The van der Waals surface area contributed by atoms with Gasteiger partial charge in [0.2, 0.25) is 0 Å². The zero-order valence-corrected chi connectivity index (χ0v) is 18.2. The number of thiophene rings is 1. The van der Waals surface area contributed by atoms with Gasteiger partial charge in [-0.3, -0.25) is 15.1 Å². The largest absolute Gasteiger partial charge is 0.495 e. The van der Waals surface area contributed by atoms with Crippen LogP contribution in [0.2, 0.25) is 4.34 Å². The van der Waals surface area contributed by atoms with Crippen molar-refractivity contribution in [2.75, 3.05) is 7.11 Å². The summed E-state index contributed by atoms with van der Waals surface area (Å²) in [5, 5.41) is 7.51. The molecule has 0 aliphatic rings. The van der Waals surface area contributed by atoms with Gasteiger partial charge in [0.15, 0.2) is 11.5 Å². The molecule has 2 N–H and O–H groups in total. The van der Waals surface area contributed by atoms with Gasteiger partial charge in [0.05, 0.1) is 39.2 Å². The van der Waals surface area contributed by atoms with Crippen LogP contribution in [-0.4, -0.2) is 42.2 Å². The Hall–Kier alpha value is -3.82. The molecule has 0 saturated carbocycles. The van der Waals surface area contributed by atoms with Gasteiger partial charge in [0, 0.05) is 18.0 Å². The molecule has 0 radical (unpaired) electrons. The standard InChI is InChI=1S/C22H14ClN7OS/c1-31-12-8-11(9-24-10-12)13-2-3-15-19(26-13)21(30-29-15)22-27-14-6-7-25-20(18(14)28-22)16-4-5-17(23)32-16/h2-10H,1H3,(H,27,28)(H,29,30). The van der Waals surface area contributed by atoms with Crippen LogP contribution < -0.4 is 4.74 Å². The van der Waals surface area contributed by atoms with Crippen molar-refractivity contribution < 1.29 is 4.74 Å². The number of halogens is 1. The molecule has 0 bridgehead atoms. The number of methoxy groups -OCH3 is 1. The highest BCUT2D eigenvalue weighted by molar-refractivity contribution is 7.19. The maximum atomic E-state index is 6.13. The van der Waals surface area contributed by atoms with Crippen molar-refractivity contribution in [2.24, 2.45) is 0 Å². The van der Waals surface area contributed by atoms with Crippen LogP contribution in [0.3, 0.4) is 0 Å². The Bertz CT molecular complexity index is 1600. The first-order valence-corrected chi connectivity index (χ1v) is 10.8. The highest BCUT2D eigenvalue weighted by Crippen LogP contribution is 2.35. The summed E-state index contributed by atoms with van der Waals surface area (Å²) in [6, 6.07) is 11.4. The van der Waals surface area contributed by atoms with Crippen LogP contribution in [0.5, 0.6) is 5.75 Å². The second kappa shape index (κ2) is 7.40. The lowest BCUT2D eigenvalue weighted by atomic mass is 10.1. The molecule has 0 unspecified atom stereocenters. The molecule has 0 atom stereocenters. The van der Waals surface area contributed by atoms with E-state index in [1.54, 1.807) is 25.7 Å². The lowest BCUT2D eigenvalue weighted by molar-refractivity contribution is 0.413. The Balaban J connectivity index is 1.49. The Morgan fingerprint density at radius 2 is 1.88 bits per heavy atom. The molecule has 10 heteroatoms. The number of pyridine rings is 3. The second-order valence-electron chi connectivity index (χ2n) is 7.02. The molecule has 156 valence electrons. The number of aromatic amines is 2. The molecular formula is C22H14ClN7OS. The average molecular weight is 460 g/mol. The summed E-state index contributed by atoms with van der Waals surface area (Å²) in [6.07, 6.45) is 5.16. The topological polar surface area (TPSA) is 105 Å². The van der Waals surface area contributed by atoms with Gasteiger partial charge in [-0.1, -0.05) is 11.6 Å². The van der Waals surface area contributed by atoms with Gasteiger partial charge in [-0.25, -0.2) is 9.97 Å². The summed E-state index contributed by atoms with van der Waals surface area (Å²) < 4.78 is 5.99. The van der Waals surface area contributed by atoms with Crippen LogP contribution in [0.25, 0.3) is 55.4 Å². The van der Waals surface area contributed by atoms with Gasteiger partial charge in [-0.05, 0) is 36.4 Å². The third-order valence-electron chi connectivity index (χ3n) is 5.08. The highest BCUT2D eigenvalue weighted by atomic mass is 35.5. The van der Waals surface area contributed by atoms with Gasteiger partial charge < -0.3 is 9.72 Å². The summed E-state index contributed by atoms with van der Waals surface area (Å²) >= 11 is 7.59. The Morgan fingerprint density at radius 1 is 0.969 bits per heavy atom. The van der Waals surface area contributed by atoms with E-state index >= 15 is 0 Å². The van der Waals surface area contributed by atoms with Crippen molar-refractivity contribution in [2.45, 2.75) is 0 Å². The second-order valence-corrected chi connectivity index (χ2v) is 8.74. The molecule has 6 rings (SSSR count). The highest BCUT2D eigenvalue weighted by Gasteiger charge is 2.18. The monoisotopic (exact) mass is 459 g/mol. The van der Waals surface area contributed by atoms with Crippen molar-refractivity contribution in [3.05, 3.63) is 59.3 Å². The third-order valence-corrected chi connectivity index (χ3v) is 6.32. The van der Waals surface area contributed by atoms with Crippen molar-refractivity contribution in [3.63, 3.8) is 0 Å². The lowest BCUT2D eigenvalue weighted by Gasteiger charge is -2.03. The molecule has 6 heterocycles. The number of hydrogen-bond donors (Lipinski definition) is 2. The minimum atomic E-state index is 0.608. The molecular weight excluding hydrogens is 446 g/mol. The molecule has 0 fully saturated rings. The van der Waals surface area contributed by atoms with E-state index in [1.807, 2.05) is 36.4 Å². The average Bonchev–Trinajstić information content (AvgIpc) is 3.55. The molecule has 0 aliphatic heterocycles. The molecule has 0 aliphatic carbocycles. The maximum Gasteiger partial charge on any atom is 0.161 e.